The lowest BCUT2D eigenvalue weighted by Crippen LogP contribution is -2.49. The number of nitrogens with one attached hydrogen (secondary N) is 1. The molecule has 0 spiro atoms. The van der Waals surface area contributed by atoms with Crippen LogP contribution in [0.25, 0.3) is 0 Å². The topological polar surface area (TPSA) is 32.3 Å². The highest BCUT2D eigenvalue weighted by Crippen LogP contribution is 2.35. The number of carbonyl (C=O) groups excluding carboxylic acids is 1. The van der Waals surface area contributed by atoms with Crippen LogP contribution in [-0.4, -0.2) is 37.0 Å². The minimum absolute atomic E-state index is 0.0582. The number of hydrogen-bond donors (Lipinski definition) is 1. The maximum Gasteiger partial charge on any atom is 0.252 e. The van der Waals surface area contributed by atoms with Crippen molar-refractivity contribution >= 4 is 17.5 Å². The van der Waals surface area contributed by atoms with Gasteiger partial charge in [-0.3, -0.25) is 4.79 Å². The highest BCUT2D eigenvalue weighted by molar-refractivity contribution is 6.33. The van der Waals surface area contributed by atoms with Crippen molar-refractivity contribution in [2.75, 3.05) is 26.2 Å². The maximum absolute atomic E-state index is 12.8. The van der Waals surface area contributed by atoms with Gasteiger partial charge in [0.25, 0.3) is 5.91 Å². The van der Waals surface area contributed by atoms with Crippen molar-refractivity contribution in [3.05, 3.63) is 106 Å². The lowest BCUT2D eigenvalue weighted by molar-refractivity contribution is 0.0922. The molecule has 1 saturated heterocycles. The Morgan fingerprint density at radius 3 is 2.31 bits per heavy atom. The van der Waals surface area contributed by atoms with Gasteiger partial charge in [0, 0.05) is 18.5 Å². The van der Waals surface area contributed by atoms with Crippen LogP contribution in [0.2, 0.25) is 5.02 Å². The minimum atomic E-state index is -0.104. The van der Waals surface area contributed by atoms with E-state index in [0.29, 0.717) is 17.1 Å². The van der Waals surface area contributed by atoms with Gasteiger partial charge in [-0.2, -0.15) is 0 Å². The van der Waals surface area contributed by atoms with Gasteiger partial charge in [0.2, 0.25) is 0 Å². The summed E-state index contributed by atoms with van der Waals surface area (Å²) in [5, 5.41) is 3.68. The fourth-order valence-corrected chi connectivity index (χ4v) is 4.94. The second kappa shape index (κ2) is 10.3. The Morgan fingerprint density at radius 2 is 1.59 bits per heavy atom. The SMILES string of the molecule is Cc1ccccc1CCN1CCC(CNC(=O)c2ccccc2Cl)(c2ccccc2)CC1. The molecular weight excluding hydrogens is 416 g/mol. The monoisotopic (exact) mass is 446 g/mol. The number of carbonyl (C=O) groups is 1. The number of hydrogen-bond acceptors (Lipinski definition) is 2. The second-order valence-electron chi connectivity index (χ2n) is 8.83. The zero-order valence-electron chi connectivity index (χ0n) is 18.7. The summed E-state index contributed by atoms with van der Waals surface area (Å²) >= 11 is 6.24. The number of aryl methyl sites for hydroxylation is 1. The van der Waals surface area contributed by atoms with Crippen LogP contribution in [0.5, 0.6) is 0 Å². The Bertz CT molecular complexity index is 1040. The molecule has 166 valence electrons. The first kappa shape index (κ1) is 22.6. The van der Waals surface area contributed by atoms with Crippen molar-refractivity contribution < 1.29 is 4.79 Å². The molecule has 1 N–H and O–H groups in total. The fourth-order valence-electron chi connectivity index (χ4n) is 4.72. The molecule has 0 aromatic heterocycles. The van der Waals surface area contributed by atoms with E-state index < -0.39 is 0 Å². The summed E-state index contributed by atoms with van der Waals surface area (Å²) < 4.78 is 0. The summed E-state index contributed by atoms with van der Waals surface area (Å²) in [5.41, 5.74) is 4.58. The average Bonchev–Trinajstić information content (AvgIpc) is 2.84. The molecule has 0 bridgehead atoms. The number of amides is 1. The summed E-state index contributed by atoms with van der Waals surface area (Å²) in [6.07, 6.45) is 3.12. The molecule has 0 atom stereocenters. The van der Waals surface area contributed by atoms with Crippen LogP contribution in [0.4, 0.5) is 0 Å². The summed E-state index contributed by atoms with van der Waals surface area (Å²) in [6, 6.07) is 26.5. The Labute approximate surface area is 196 Å². The molecule has 0 saturated carbocycles. The van der Waals surface area contributed by atoms with Crippen molar-refractivity contribution in [1.29, 1.82) is 0 Å². The molecule has 4 rings (SSSR count). The van der Waals surface area contributed by atoms with Crippen LogP contribution in [0.1, 0.15) is 39.9 Å². The molecule has 3 aromatic carbocycles. The summed E-state index contributed by atoms with van der Waals surface area (Å²) in [4.78, 5) is 15.4. The smallest absolute Gasteiger partial charge is 0.252 e. The third kappa shape index (κ3) is 5.23. The third-order valence-corrected chi connectivity index (χ3v) is 7.19. The largest absolute Gasteiger partial charge is 0.351 e. The molecular formula is C28H31ClN2O. The van der Waals surface area contributed by atoms with Gasteiger partial charge >= 0.3 is 0 Å². The highest BCUT2D eigenvalue weighted by Gasteiger charge is 2.36. The van der Waals surface area contributed by atoms with Crippen LogP contribution in [0.3, 0.4) is 0 Å². The molecule has 3 nitrogen and oxygen atoms in total. The Kier molecular flexibility index (Phi) is 7.29. The van der Waals surface area contributed by atoms with E-state index in [1.54, 1.807) is 12.1 Å². The van der Waals surface area contributed by atoms with Crippen LogP contribution in [0, 0.1) is 6.92 Å². The number of halogens is 1. The van der Waals surface area contributed by atoms with E-state index in [1.165, 1.54) is 16.7 Å². The molecule has 1 aliphatic heterocycles. The second-order valence-corrected chi connectivity index (χ2v) is 9.23. The van der Waals surface area contributed by atoms with Crippen LogP contribution in [0.15, 0.2) is 78.9 Å². The molecule has 0 aliphatic carbocycles. The quantitative estimate of drug-likeness (QED) is 0.508. The van der Waals surface area contributed by atoms with Gasteiger partial charge in [-0.05, 0) is 68.1 Å². The standard InChI is InChI=1S/C28H31ClN2O/c1-22-9-5-6-10-23(22)15-18-31-19-16-28(17-20-31,24-11-3-2-4-12-24)21-30-27(32)25-13-7-8-14-26(25)29/h2-14H,15-21H2,1H3,(H,30,32). The first-order valence-corrected chi connectivity index (χ1v) is 11.8. The highest BCUT2D eigenvalue weighted by atomic mass is 35.5. The number of benzene rings is 3. The summed E-state index contributed by atoms with van der Waals surface area (Å²) in [6.45, 7) is 5.94. The van der Waals surface area contributed by atoms with Crippen molar-refractivity contribution in [1.82, 2.24) is 10.2 Å². The van der Waals surface area contributed by atoms with Gasteiger partial charge in [0.15, 0.2) is 0 Å². The molecule has 0 radical (unpaired) electrons. The van der Waals surface area contributed by atoms with E-state index >= 15 is 0 Å². The molecule has 32 heavy (non-hydrogen) atoms. The van der Waals surface area contributed by atoms with Gasteiger partial charge in [-0.15, -0.1) is 0 Å². The Morgan fingerprint density at radius 1 is 0.938 bits per heavy atom. The predicted octanol–water partition coefficient (Wildman–Crippen LogP) is 5.65. The maximum atomic E-state index is 12.8. The van der Waals surface area contributed by atoms with Crippen molar-refractivity contribution in [3.63, 3.8) is 0 Å². The van der Waals surface area contributed by atoms with Gasteiger partial charge in [-0.1, -0.05) is 78.3 Å². The third-order valence-electron chi connectivity index (χ3n) is 6.86. The summed E-state index contributed by atoms with van der Waals surface area (Å²) in [7, 11) is 0. The van der Waals surface area contributed by atoms with Gasteiger partial charge in [0.1, 0.15) is 0 Å². The molecule has 4 heteroatoms. The van der Waals surface area contributed by atoms with Crippen LogP contribution >= 0.6 is 11.6 Å². The van der Waals surface area contributed by atoms with Crippen LogP contribution in [-0.2, 0) is 11.8 Å². The predicted molar refractivity (Wildman–Crippen MR) is 132 cm³/mol. The van der Waals surface area contributed by atoms with E-state index in [1.807, 2.05) is 12.1 Å². The van der Waals surface area contributed by atoms with E-state index in [-0.39, 0.29) is 11.3 Å². The Balaban J connectivity index is 1.42. The van der Waals surface area contributed by atoms with E-state index in [0.717, 1.165) is 38.9 Å². The van der Waals surface area contributed by atoms with Crippen molar-refractivity contribution in [2.45, 2.75) is 31.6 Å². The molecule has 1 heterocycles. The van der Waals surface area contributed by atoms with Gasteiger partial charge in [-0.25, -0.2) is 0 Å². The molecule has 1 fully saturated rings. The average molecular weight is 447 g/mol. The van der Waals surface area contributed by atoms with Gasteiger partial charge in [0.05, 0.1) is 10.6 Å². The first-order valence-electron chi connectivity index (χ1n) is 11.4. The van der Waals surface area contributed by atoms with Gasteiger partial charge < -0.3 is 10.2 Å². The number of nitrogens with zero attached hydrogens (tertiary/aromatic N) is 1. The zero-order chi connectivity index (χ0) is 22.4. The lowest BCUT2D eigenvalue weighted by Gasteiger charge is -2.42. The van der Waals surface area contributed by atoms with E-state index in [4.69, 9.17) is 11.6 Å². The number of likely N-dealkylation sites (tertiary alicyclic amines) is 1. The molecule has 3 aromatic rings. The van der Waals surface area contributed by atoms with Crippen molar-refractivity contribution in [3.8, 4) is 0 Å². The zero-order valence-corrected chi connectivity index (χ0v) is 19.4. The van der Waals surface area contributed by atoms with E-state index in [9.17, 15) is 4.79 Å². The minimum Gasteiger partial charge on any atom is -0.351 e. The normalized spacial score (nSPS) is 15.9. The van der Waals surface area contributed by atoms with Crippen LogP contribution < -0.4 is 5.32 Å². The number of piperidine rings is 1. The molecule has 0 unspecified atom stereocenters. The van der Waals surface area contributed by atoms with E-state index in [2.05, 4.69) is 71.7 Å². The lowest BCUT2D eigenvalue weighted by atomic mass is 9.72. The number of rotatable bonds is 7. The Hall–Kier alpha value is -2.62. The first-order chi connectivity index (χ1) is 15.6. The summed E-state index contributed by atoms with van der Waals surface area (Å²) in [5.74, 6) is -0.104. The fraction of sp³-hybridized carbons (Fsp3) is 0.321. The molecule has 1 amide bonds. The molecule has 1 aliphatic rings. The van der Waals surface area contributed by atoms with Crippen molar-refractivity contribution in [2.24, 2.45) is 0 Å².